The Morgan fingerprint density at radius 2 is 2.00 bits per heavy atom. The van der Waals surface area contributed by atoms with Crippen molar-refractivity contribution in [3.05, 3.63) is 54.6 Å². The van der Waals surface area contributed by atoms with Gasteiger partial charge in [-0.3, -0.25) is 0 Å². The first-order chi connectivity index (χ1) is 7.38. The topological polar surface area (TPSA) is 15.8 Å². The Kier molecular flexibility index (Phi) is 1.65. The van der Waals surface area contributed by atoms with E-state index in [1.165, 1.54) is 10.8 Å². The molecule has 2 aromatic carbocycles. The standard InChI is InChI=1S/C14H9N/c1-2-10-7-8-12-11-5-3-4-6-13(11)15-14(12)9-10/h1-3,5-9,15H. The van der Waals surface area contributed by atoms with Crippen LogP contribution in [0.25, 0.3) is 27.9 Å². The van der Waals surface area contributed by atoms with Crippen LogP contribution in [0.5, 0.6) is 0 Å². The molecule has 0 aliphatic heterocycles. The van der Waals surface area contributed by atoms with Crippen LogP contribution in [0.1, 0.15) is 5.56 Å². The number of hydrogen-bond donors (Lipinski definition) is 1. The third-order valence-electron chi connectivity index (χ3n) is 2.66. The van der Waals surface area contributed by atoms with Crippen molar-refractivity contribution in [3.8, 4) is 0 Å². The van der Waals surface area contributed by atoms with Gasteiger partial charge in [0.25, 0.3) is 0 Å². The fraction of sp³-hybridized carbons (Fsp3) is 0. The Labute approximate surface area is 88.0 Å². The molecular formula is C14H9N. The van der Waals surface area contributed by atoms with Crippen LogP contribution in [0.15, 0.2) is 36.4 Å². The summed E-state index contributed by atoms with van der Waals surface area (Å²) in [6.45, 7) is 5.49. The molecule has 0 spiro atoms. The largest absolute Gasteiger partial charge is 0.354 e. The van der Waals surface area contributed by atoms with Gasteiger partial charge in [0.15, 0.2) is 0 Å². The summed E-state index contributed by atoms with van der Waals surface area (Å²) < 4.78 is 0. The molecule has 1 heterocycles. The van der Waals surface area contributed by atoms with Crippen molar-refractivity contribution in [1.82, 2.24) is 4.98 Å². The van der Waals surface area contributed by atoms with E-state index in [1.807, 2.05) is 18.2 Å². The second kappa shape index (κ2) is 2.99. The van der Waals surface area contributed by atoms with Gasteiger partial charge in [0, 0.05) is 21.8 Å². The number of hydrogen-bond acceptors (Lipinski definition) is 0. The van der Waals surface area contributed by atoms with E-state index in [0.717, 1.165) is 16.6 Å². The van der Waals surface area contributed by atoms with Gasteiger partial charge < -0.3 is 4.98 Å². The molecule has 1 N–H and O–H groups in total. The van der Waals surface area contributed by atoms with Crippen molar-refractivity contribution in [2.75, 3.05) is 0 Å². The fourth-order valence-corrected chi connectivity index (χ4v) is 1.92. The number of rotatable bonds is 1. The van der Waals surface area contributed by atoms with Crippen LogP contribution in [-0.4, -0.2) is 4.98 Å². The summed E-state index contributed by atoms with van der Waals surface area (Å²) in [5.74, 6) is 0. The maximum absolute atomic E-state index is 5.49. The lowest BCUT2D eigenvalue weighted by Crippen LogP contribution is -1.71. The molecule has 0 saturated heterocycles. The fourth-order valence-electron chi connectivity index (χ4n) is 1.92. The molecule has 0 aliphatic rings. The van der Waals surface area contributed by atoms with Crippen molar-refractivity contribution in [1.29, 1.82) is 0 Å². The van der Waals surface area contributed by atoms with Crippen LogP contribution in [0, 0.1) is 12.6 Å². The predicted molar refractivity (Wildman–Crippen MR) is 63.4 cm³/mol. The maximum atomic E-state index is 5.49. The van der Waals surface area contributed by atoms with E-state index in [4.69, 9.17) is 6.58 Å². The van der Waals surface area contributed by atoms with E-state index in [1.54, 1.807) is 6.08 Å². The van der Waals surface area contributed by atoms with Crippen LogP contribution in [0.4, 0.5) is 0 Å². The molecule has 0 aliphatic carbocycles. The smallest absolute Gasteiger partial charge is 0.0471 e. The highest BCUT2D eigenvalue weighted by Crippen LogP contribution is 2.25. The van der Waals surface area contributed by atoms with E-state index in [2.05, 4.69) is 29.2 Å². The number of H-pyrrole nitrogens is 1. The van der Waals surface area contributed by atoms with Gasteiger partial charge in [-0.2, -0.15) is 0 Å². The van der Waals surface area contributed by atoms with E-state index in [9.17, 15) is 0 Å². The Balaban J connectivity index is 2.48. The number of nitrogens with one attached hydrogen (secondary N) is 1. The zero-order valence-electron chi connectivity index (χ0n) is 8.12. The van der Waals surface area contributed by atoms with Gasteiger partial charge in [-0.15, -0.1) is 0 Å². The molecule has 3 aromatic rings. The van der Waals surface area contributed by atoms with Crippen molar-refractivity contribution < 1.29 is 0 Å². The SMILES string of the molecule is [CH]=Cc1ccc2c(c1)[nH]c1c[c]ccc12. The maximum Gasteiger partial charge on any atom is 0.0471 e. The van der Waals surface area contributed by atoms with Gasteiger partial charge in [0.05, 0.1) is 0 Å². The minimum Gasteiger partial charge on any atom is -0.354 e. The summed E-state index contributed by atoms with van der Waals surface area (Å²) in [6, 6.07) is 15.2. The van der Waals surface area contributed by atoms with Gasteiger partial charge in [-0.05, 0) is 23.8 Å². The highest BCUT2D eigenvalue weighted by atomic mass is 14.7. The van der Waals surface area contributed by atoms with Crippen LogP contribution < -0.4 is 0 Å². The third kappa shape index (κ3) is 1.17. The Morgan fingerprint density at radius 1 is 1.13 bits per heavy atom. The van der Waals surface area contributed by atoms with Gasteiger partial charge in [-0.1, -0.05) is 36.9 Å². The van der Waals surface area contributed by atoms with Gasteiger partial charge >= 0.3 is 0 Å². The Bertz CT molecular complexity index is 647. The molecule has 0 atom stereocenters. The molecule has 0 unspecified atom stereocenters. The van der Waals surface area contributed by atoms with Crippen molar-refractivity contribution in [3.63, 3.8) is 0 Å². The zero-order valence-corrected chi connectivity index (χ0v) is 8.12. The van der Waals surface area contributed by atoms with Crippen LogP contribution in [-0.2, 0) is 0 Å². The van der Waals surface area contributed by atoms with Crippen molar-refractivity contribution in [2.24, 2.45) is 0 Å². The molecule has 0 saturated carbocycles. The molecular weight excluding hydrogens is 182 g/mol. The molecule has 0 bridgehead atoms. The quantitative estimate of drug-likeness (QED) is 0.605. The molecule has 1 heteroatoms. The average molecular weight is 191 g/mol. The summed E-state index contributed by atoms with van der Waals surface area (Å²) in [5.41, 5.74) is 3.25. The summed E-state index contributed by atoms with van der Waals surface area (Å²) in [4.78, 5) is 3.35. The lowest BCUT2D eigenvalue weighted by Gasteiger charge is -1.93. The second-order valence-electron chi connectivity index (χ2n) is 3.57. The number of aromatic nitrogens is 1. The molecule has 2 radical (unpaired) electrons. The highest BCUT2D eigenvalue weighted by Gasteiger charge is 2.02. The van der Waals surface area contributed by atoms with Crippen molar-refractivity contribution in [2.45, 2.75) is 0 Å². The first-order valence-corrected chi connectivity index (χ1v) is 4.85. The third-order valence-corrected chi connectivity index (χ3v) is 2.66. The lowest BCUT2D eigenvalue weighted by molar-refractivity contribution is 1.54. The minimum absolute atomic E-state index is 1.03. The summed E-state index contributed by atoms with van der Waals surface area (Å²) >= 11 is 0. The number of benzene rings is 2. The van der Waals surface area contributed by atoms with E-state index >= 15 is 0 Å². The van der Waals surface area contributed by atoms with Gasteiger partial charge in [0.1, 0.15) is 0 Å². The normalized spacial score (nSPS) is 10.9. The first kappa shape index (κ1) is 8.30. The highest BCUT2D eigenvalue weighted by molar-refractivity contribution is 6.07. The van der Waals surface area contributed by atoms with E-state index in [0.29, 0.717) is 0 Å². The molecule has 0 fully saturated rings. The number of aromatic amines is 1. The predicted octanol–water partition coefficient (Wildman–Crippen LogP) is 3.57. The van der Waals surface area contributed by atoms with Crippen LogP contribution >= 0.6 is 0 Å². The lowest BCUT2D eigenvalue weighted by atomic mass is 10.1. The molecule has 0 amide bonds. The second-order valence-corrected chi connectivity index (χ2v) is 3.57. The Hall–Kier alpha value is -2.02. The molecule has 3 rings (SSSR count). The summed E-state index contributed by atoms with van der Waals surface area (Å²) in [7, 11) is 0. The summed E-state index contributed by atoms with van der Waals surface area (Å²) in [5, 5.41) is 2.46. The first-order valence-electron chi connectivity index (χ1n) is 4.85. The van der Waals surface area contributed by atoms with Crippen molar-refractivity contribution >= 4 is 27.9 Å². The van der Waals surface area contributed by atoms with Gasteiger partial charge in [0.2, 0.25) is 0 Å². The molecule has 1 nitrogen and oxygen atoms in total. The Morgan fingerprint density at radius 3 is 2.87 bits per heavy atom. The molecule has 1 aromatic heterocycles. The van der Waals surface area contributed by atoms with Crippen LogP contribution in [0.2, 0.25) is 0 Å². The van der Waals surface area contributed by atoms with E-state index < -0.39 is 0 Å². The zero-order chi connectivity index (χ0) is 10.3. The number of fused-ring (bicyclic) bond motifs is 3. The average Bonchev–Trinajstić information content (AvgIpc) is 2.66. The minimum atomic E-state index is 1.03. The molecule has 70 valence electrons. The van der Waals surface area contributed by atoms with Crippen LogP contribution in [0.3, 0.4) is 0 Å². The monoisotopic (exact) mass is 191 g/mol. The molecule has 15 heavy (non-hydrogen) atoms. The van der Waals surface area contributed by atoms with Gasteiger partial charge in [-0.25, -0.2) is 0 Å². The van der Waals surface area contributed by atoms with E-state index in [-0.39, 0.29) is 0 Å². The summed E-state index contributed by atoms with van der Waals surface area (Å²) in [6.07, 6.45) is 1.61.